The van der Waals surface area contributed by atoms with Crippen molar-refractivity contribution in [3.8, 4) is 11.4 Å². The average Bonchev–Trinajstić information content (AvgIpc) is 3.86. The Hall–Kier alpha value is -4.68. The molecule has 42 heavy (non-hydrogen) atoms. The van der Waals surface area contributed by atoms with Crippen molar-refractivity contribution < 1.29 is 18.7 Å². The number of amides is 2. The van der Waals surface area contributed by atoms with Gasteiger partial charge in [0.1, 0.15) is 5.75 Å². The lowest BCUT2D eigenvalue weighted by molar-refractivity contribution is -0.130. The zero-order chi connectivity index (χ0) is 28.9. The Morgan fingerprint density at radius 2 is 1.88 bits per heavy atom. The first-order chi connectivity index (χ1) is 20.6. The first-order valence-corrected chi connectivity index (χ1v) is 15.0. The van der Waals surface area contributed by atoms with Gasteiger partial charge in [-0.05, 0) is 53.4 Å². The van der Waals surface area contributed by atoms with E-state index < -0.39 is 0 Å². The number of aromatic nitrogens is 3. The molecule has 6 rings (SSSR count). The van der Waals surface area contributed by atoms with Crippen molar-refractivity contribution in [3.63, 3.8) is 0 Å². The number of thiophene rings is 1. The van der Waals surface area contributed by atoms with E-state index in [0.29, 0.717) is 17.4 Å². The molecular formula is C30H26N6O4S2. The Bertz CT molecular complexity index is 1680. The monoisotopic (exact) mass is 598 g/mol. The molecule has 4 heterocycles. The highest BCUT2D eigenvalue weighted by Crippen LogP contribution is 2.35. The van der Waals surface area contributed by atoms with Gasteiger partial charge in [0.15, 0.2) is 16.7 Å². The number of para-hydroxylation sites is 1. The summed E-state index contributed by atoms with van der Waals surface area (Å²) in [7, 11) is 1.63. The Morgan fingerprint density at radius 3 is 2.60 bits per heavy atom. The zero-order valence-electron chi connectivity index (χ0n) is 22.5. The van der Waals surface area contributed by atoms with Gasteiger partial charge in [0, 0.05) is 12.1 Å². The predicted octanol–water partition coefficient (Wildman–Crippen LogP) is 5.33. The molecule has 1 N–H and O–H groups in total. The Balaban J connectivity index is 1.22. The van der Waals surface area contributed by atoms with Gasteiger partial charge in [0.25, 0.3) is 11.8 Å². The van der Waals surface area contributed by atoms with Crippen LogP contribution < -0.4 is 10.1 Å². The smallest absolute Gasteiger partial charge is 0.287 e. The highest BCUT2D eigenvalue weighted by molar-refractivity contribution is 7.99. The highest BCUT2D eigenvalue weighted by Gasteiger charge is 2.33. The van der Waals surface area contributed by atoms with Crippen LogP contribution in [0.1, 0.15) is 39.3 Å². The molecule has 0 spiro atoms. The summed E-state index contributed by atoms with van der Waals surface area (Å²) in [5.74, 6) is 1.07. The highest BCUT2D eigenvalue weighted by atomic mass is 32.2. The van der Waals surface area contributed by atoms with E-state index in [1.807, 2.05) is 76.7 Å². The first-order valence-electron chi connectivity index (χ1n) is 13.1. The Morgan fingerprint density at radius 1 is 1.05 bits per heavy atom. The average molecular weight is 599 g/mol. The number of hydrogen-bond donors (Lipinski definition) is 1. The molecule has 0 saturated carbocycles. The van der Waals surface area contributed by atoms with E-state index >= 15 is 0 Å². The number of carbonyl (C=O) groups is 2. The number of rotatable bonds is 10. The number of ether oxygens (including phenoxy) is 1. The number of nitrogens with zero attached hydrogens (tertiary/aromatic N) is 5. The summed E-state index contributed by atoms with van der Waals surface area (Å²) < 4.78 is 12.3. The molecule has 1 aliphatic heterocycles. The number of benzene rings is 2. The van der Waals surface area contributed by atoms with Crippen molar-refractivity contribution in [2.45, 2.75) is 24.2 Å². The molecule has 5 aromatic rings. The van der Waals surface area contributed by atoms with Gasteiger partial charge in [0.2, 0.25) is 0 Å². The van der Waals surface area contributed by atoms with E-state index in [1.165, 1.54) is 18.0 Å². The lowest BCUT2D eigenvalue weighted by Crippen LogP contribution is -2.28. The number of furan rings is 1. The summed E-state index contributed by atoms with van der Waals surface area (Å²) in [4.78, 5) is 27.2. The summed E-state index contributed by atoms with van der Waals surface area (Å²) in [5.41, 5.74) is 2.67. The summed E-state index contributed by atoms with van der Waals surface area (Å²) in [6.07, 6.45) is 2.06. The van der Waals surface area contributed by atoms with E-state index in [0.717, 1.165) is 27.6 Å². The second kappa shape index (κ2) is 12.5. The molecule has 0 saturated heterocycles. The summed E-state index contributed by atoms with van der Waals surface area (Å²) in [5, 5.41) is 20.4. The normalized spacial score (nSPS) is 14.5. The quantitative estimate of drug-likeness (QED) is 0.216. The molecule has 0 bridgehead atoms. The lowest BCUT2D eigenvalue weighted by atomic mass is 10.0. The summed E-state index contributed by atoms with van der Waals surface area (Å²) in [6.45, 7) is 0.121. The molecule has 0 fully saturated rings. The molecule has 0 unspecified atom stereocenters. The van der Waals surface area contributed by atoms with Crippen molar-refractivity contribution in [1.82, 2.24) is 25.1 Å². The second-order valence-electron chi connectivity index (χ2n) is 9.27. The minimum absolute atomic E-state index is 0.0948. The molecule has 10 nitrogen and oxygen atoms in total. The van der Waals surface area contributed by atoms with Gasteiger partial charge in [-0.3, -0.25) is 14.2 Å². The van der Waals surface area contributed by atoms with Gasteiger partial charge in [0.05, 0.1) is 42.3 Å². The van der Waals surface area contributed by atoms with Crippen LogP contribution in [0.5, 0.6) is 5.75 Å². The first kappa shape index (κ1) is 27.5. The third kappa shape index (κ3) is 5.85. The summed E-state index contributed by atoms with van der Waals surface area (Å²) >= 11 is 2.88. The minimum Gasteiger partial charge on any atom is -0.497 e. The van der Waals surface area contributed by atoms with Crippen molar-refractivity contribution in [3.05, 3.63) is 113 Å². The van der Waals surface area contributed by atoms with Crippen molar-refractivity contribution in [2.24, 2.45) is 5.10 Å². The molecule has 2 amide bonds. The van der Waals surface area contributed by atoms with Crippen molar-refractivity contribution in [2.75, 3.05) is 12.9 Å². The molecule has 12 heteroatoms. The van der Waals surface area contributed by atoms with Crippen LogP contribution in [0.2, 0.25) is 0 Å². The van der Waals surface area contributed by atoms with Crippen LogP contribution in [0.3, 0.4) is 0 Å². The number of hydrogen-bond acceptors (Lipinski definition) is 9. The SMILES string of the molecule is COc1ccc([C@H]2CC(c3cccs3)=NN2C(=O)CSc2nnc(CNC(=O)c3ccco3)n2-c2ccccc2)cc1. The molecule has 2 aromatic carbocycles. The second-order valence-corrected chi connectivity index (χ2v) is 11.2. The van der Waals surface area contributed by atoms with Crippen LogP contribution in [0.15, 0.2) is 105 Å². The van der Waals surface area contributed by atoms with Crippen molar-refractivity contribution in [1.29, 1.82) is 0 Å². The molecule has 0 aliphatic carbocycles. The minimum atomic E-state index is -0.356. The van der Waals surface area contributed by atoms with Crippen LogP contribution in [-0.2, 0) is 11.3 Å². The van der Waals surface area contributed by atoms with Gasteiger partial charge in [-0.15, -0.1) is 21.5 Å². The lowest BCUT2D eigenvalue weighted by Gasteiger charge is -2.22. The largest absolute Gasteiger partial charge is 0.497 e. The van der Waals surface area contributed by atoms with Gasteiger partial charge in [-0.2, -0.15) is 5.10 Å². The van der Waals surface area contributed by atoms with Gasteiger partial charge < -0.3 is 14.5 Å². The van der Waals surface area contributed by atoms with Gasteiger partial charge in [-0.25, -0.2) is 5.01 Å². The number of thioether (sulfide) groups is 1. The van der Waals surface area contributed by atoms with E-state index in [4.69, 9.17) is 14.3 Å². The molecule has 1 atom stereocenters. The number of carbonyl (C=O) groups excluding carboxylic acids is 2. The van der Waals surface area contributed by atoms with E-state index in [9.17, 15) is 9.59 Å². The predicted molar refractivity (Wildman–Crippen MR) is 160 cm³/mol. The Labute approximate surface area is 250 Å². The third-order valence-electron chi connectivity index (χ3n) is 6.66. The van der Waals surface area contributed by atoms with E-state index in [2.05, 4.69) is 15.5 Å². The van der Waals surface area contributed by atoms with Crippen LogP contribution in [0.4, 0.5) is 0 Å². The van der Waals surface area contributed by atoms with E-state index in [-0.39, 0.29) is 35.9 Å². The van der Waals surface area contributed by atoms with E-state index in [1.54, 1.807) is 35.6 Å². The maximum absolute atomic E-state index is 13.7. The number of nitrogens with one attached hydrogen (secondary N) is 1. The fourth-order valence-electron chi connectivity index (χ4n) is 4.61. The molecule has 212 valence electrons. The van der Waals surface area contributed by atoms with Crippen LogP contribution in [-0.4, -0.2) is 50.2 Å². The van der Waals surface area contributed by atoms with Crippen molar-refractivity contribution >= 4 is 40.6 Å². The molecule has 3 aromatic heterocycles. The Kier molecular flexibility index (Phi) is 8.15. The van der Waals surface area contributed by atoms with Crippen LogP contribution in [0, 0.1) is 0 Å². The number of hydrazone groups is 1. The number of methoxy groups -OCH3 is 1. The standard InChI is InChI=1S/C30H26N6O4S2/c1-39-22-13-11-20(12-14-22)24-17-23(26-10-6-16-41-26)34-36(24)28(37)19-42-30-33-32-27(35(30)21-7-3-2-4-8-21)18-31-29(38)25-9-5-15-40-25/h2-16,24H,17-19H2,1H3,(H,31,38)/t24-/m1/s1. The topological polar surface area (TPSA) is 115 Å². The van der Waals surface area contributed by atoms with Crippen LogP contribution in [0.25, 0.3) is 5.69 Å². The zero-order valence-corrected chi connectivity index (χ0v) is 24.2. The maximum atomic E-state index is 13.7. The van der Waals surface area contributed by atoms with Crippen LogP contribution >= 0.6 is 23.1 Å². The third-order valence-corrected chi connectivity index (χ3v) is 8.50. The molecule has 1 aliphatic rings. The van der Waals surface area contributed by atoms with Gasteiger partial charge >= 0.3 is 0 Å². The maximum Gasteiger partial charge on any atom is 0.287 e. The molecular weight excluding hydrogens is 573 g/mol. The fraction of sp³-hybridized carbons (Fsp3) is 0.167. The fourth-order valence-corrected chi connectivity index (χ4v) is 6.15. The van der Waals surface area contributed by atoms with Gasteiger partial charge in [-0.1, -0.05) is 48.2 Å². The molecule has 0 radical (unpaired) electrons. The summed E-state index contributed by atoms with van der Waals surface area (Å²) in [6, 6.07) is 24.3.